The van der Waals surface area contributed by atoms with Gasteiger partial charge in [0.1, 0.15) is 0 Å². The second-order valence-corrected chi connectivity index (χ2v) is 9.34. The fourth-order valence-electron chi connectivity index (χ4n) is 7.17. The van der Waals surface area contributed by atoms with Crippen LogP contribution in [-0.4, -0.2) is 17.1 Å². The van der Waals surface area contributed by atoms with Crippen LogP contribution in [0.25, 0.3) is 0 Å². The van der Waals surface area contributed by atoms with Crippen molar-refractivity contribution < 1.29 is 9.90 Å². The van der Waals surface area contributed by atoms with Crippen LogP contribution in [0.2, 0.25) is 0 Å². The van der Waals surface area contributed by atoms with Crippen molar-refractivity contribution in [3.63, 3.8) is 0 Å². The van der Waals surface area contributed by atoms with Gasteiger partial charge in [-0.1, -0.05) is 25.5 Å². The summed E-state index contributed by atoms with van der Waals surface area (Å²) in [5.74, 6) is 7.64. The Labute approximate surface area is 145 Å². The molecule has 4 N–H and O–H groups in total. The molecule has 0 heterocycles. The Bertz CT molecular complexity index is 574. The third-order valence-electron chi connectivity index (χ3n) is 8.54. The van der Waals surface area contributed by atoms with E-state index < -0.39 is 0 Å². The Morgan fingerprint density at radius 1 is 1.21 bits per heavy atom. The van der Waals surface area contributed by atoms with Crippen LogP contribution in [0.4, 0.5) is 0 Å². The largest absolute Gasteiger partial charge is 0.393 e. The minimum Gasteiger partial charge on any atom is -0.393 e. The summed E-state index contributed by atoms with van der Waals surface area (Å²) >= 11 is 0. The Hall–Kier alpha value is -0.870. The van der Waals surface area contributed by atoms with E-state index in [2.05, 4.69) is 25.3 Å². The average Bonchev–Trinajstić information content (AvgIpc) is 2.92. The predicted molar refractivity (Wildman–Crippen MR) is 93.5 cm³/mol. The van der Waals surface area contributed by atoms with Crippen LogP contribution >= 0.6 is 0 Å². The summed E-state index contributed by atoms with van der Waals surface area (Å²) in [6, 6.07) is 0. The number of aliphatic hydroxyl groups excluding tert-OH is 1. The van der Waals surface area contributed by atoms with Crippen LogP contribution in [0.5, 0.6) is 0 Å². The van der Waals surface area contributed by atoms with Crippen molar-refractivity contribution in [1.82, 2.24) is 5.43 Å². The Balaban J connectivity index is 1.64. The van der Waals surface area contributed by atoms with E-state index in [0.29, 0.717) is 11.8 Å². The molecule has 4 nitrogen and oxygen atoms in total. The molecule has 7 atom stereocenters. The molecule has 0 aromatic heterocycles. The van der Waals surface area contributed by atoms with Gasteiger partial charge < -0.3 is 5.11 Å². The standard InChI is InChI=1S/C20H32N2O2/c1-19-9-7-13(23)11-12(19)3-4-14-15-5-6-17(18(24)22-21)20(15,2)10-8-16(14)19/h3,13-17,23H,4-11,21H2,1-2H3,(H,22,24)/t13-,14+,15+,16+,17-,19-,20+/m0/s1. The van der Waals surface area contributed by atoms with Crippen LogP contribution in [0.3, 0.4) is 0 Å². The summed E-state index contributed by atoms with van der Waals surface area (Å²) in [6.07, 6.45) is 10.9. The molecular formula is C20H32N2O2. The zero-order valence-corrected chi connectivity index (χ0v) is 15.1. The SMILES string of the molecule is C[C@@]12CC[C@@H]3[C@H](CC=C4C[C@@H](O)CC[C@@]43C)[C@H]1CC[C@H]2C(=O)NN. The Morgan fingerprint density at radius 3 is 2.75 bits per heavy atom. The zero-order valence-electron chi connectivity index (χ0n) is 15.1. The highest BCUT2D eigenvalue weighted by molar-refractivity contribution is 5.79. The maximum absolute atomic E-state index is 12.3. The lowest BCUT2D eigenvalue weighted by atomic mass is 9.47. The van der Waals surface area contributed by atoms with Crippen molar-refractivity contribution in [3.8, 4) is 0 Å². The highest BCUT2D eigenvalue weighted by Crippen LogP contribution is 2.66. The van der Waals surface area contributed by atoms with Crippen LogP contribution in [0, 0.1) is 34.5 Å². The molecular weight excluding hydrogens is 300 g/mol. The van der Waals surface area contributed by atoms with Gasteiger partial charge in [0, 0.05) is 5.92 Å². The highest BCUT2D eigenvalue weighted by atomic mass is 16.3. The number of hydrogen-bond donors (Lipinski definition) is 3. The number of aliphatic hydroxyl groups is 1. The fourth-order valence-corrected chi connectivity index (χ4v) is 7.17. The number of carbonyl (C=O) groups is 1. The second-order valence-electron chi connectivity index (χ2n) is 9.34. The first-order valence-electron chi connectivity index (χ1n) is 9.78. The predicted octanol–water partition coefficient (Wildman–Crippen LogP) is 2.92. The zero-order chi connectivity index (χ0) is 17.1. The molecule has 0 radical (unpaired) electrons. The van der Waals surface area contributed by atoms with Gasteiger partial charge in [0.2, 0.25) is 5.91 Å². The molecule has 4 rings (SSSR count). The molecule has 1 amide bonds. The number of hydrazine groups is 1. The lowest BCUT2D eigenvalue weighted by Gasteiger charge is -2.57. The molecule has 3 fully saturated rings. The summed E-state index contributed by atoms with van der Waals surface area (Å²) < 4.78 is 0. The first kappa shape index (κ1) is 16.6. The van der Waals surface area contributed by atoms with Gasteiger partial charge in [-0.25, -0.2) is 5.84 Å². The molecule has 0 saturated heterocycles. The van der Waals surface area contributed by atoms with E-state index in [1.807, 2.05) is 0 Å². The number of carbonyl (C=O) groups excluding carboxylic acids is 1. The van der Waals surface area contributed by atoms with Gasteiger partial charge in [0.25, 0.3) is 0 Å². The molecule has 0 aliphatic heterocycles. The number of hydrogen-bond acceptors (Lipinski definition) is 3. The van der Waals surface area contributed by atoms with E-state index >= 15 is 0 Å². The van der Waals surface area contributed by atoms with Crippen LogP contribution in [0.15, 0.2) is 11.6 Å². The molecule has 0 unspecified atom stereocenters. The number of allylic oxidation sites excluding steroid dienone is 1. The first-order valence-corrected chi connectivity index (χ1v) is 9.78. The van der Waals surface area contributed by atoms with Crippen LogP contribution in [0.1, 0.15) is 65.2 Å². The number of nitrogens with one attached hydrogen (secondary N) is 1. The van der Waals surface area contributed by atoms with E-state index in [9.17, 15) is 9.90 Å². The molecule has 134 valence electrons. The van der Waals surface area contributed by atoms with Crippen LogP contribution < -0.4 is 11.3 Å². The van der Waals surface area contributed by atoms with Gasteiger partial charge in [-0.05, 0) is 80.0 Å². The molecule has 4 aliphatic rings. The third-order valence-corrected chi connectivity index (χ3v) is 8.54. The van der Waals surface area contributed by atoms with E-state index in [0.717, 1.165) is 50.9 Å². The van der Waals surface area contributed by atoms with Crippen molar-refractivity contribution in [2.45, 2.75) is 71.3 Å². The summed E-state index contributed by atoms with van der Waals surface area (Å²) in [5.41, 5.74) is 4.32. The summed E-state index contributed by atoms with van der Waals surface area (Å²) in [6.45, 7) is 4.79. The summed E-state index contributed by atoms with van der Waals surface area (Å²) in [4.78, 5) is 12.3. The minimum absolute atomic E-state index is 0.0393. The van der Waals surface area contributed by atoms with Gasteiger partial charge in [-0.15, -0.1) is 0 Å². The van der Waals surface area contributed by atoms with E-state index in [1.165, 1.54) is 12.0 Å². The highest BCUT2D eigenvalue weighted by Gasteiger charge is 2.59. The third kappa shape index (κ3) is 2.15. The Kier molecular flexibility index (Phi) is 3.85. The normalized spacial score (nSPS) is 50.3. The topological polar surface area (TPSA) is 75.3 Å². The molecule has 0 aromatic rings. The van der Waals surface area contributed by atoms with Gasteiger partial charge >= 0.3 is 0 Å². The van der Waals surface area contributed by atoms with Crippen molar-refractivity contribution in [3.05, 3.63) is 11.6 Å². The molecule has 24 heavy (non-hydrogen) atoms. The second kappa shape index (κ2) is 5.57. The molecule has 0 bridgehead atoms. The first-order chi connectivity index (χ1) is 11.4. The van der Waals surface area contributed by atoms with Crippen LogP contribution in [-0.2, 0) is 4.79 Å². The van der Waals surface area contributed by atoms with Crippen molar-refractivity contribution in [2.24, 2.45) is 40.3 Å². The van der Waals surface area contributed by atoms with E-state index in [1.54, 1.807) is 0 Å². The van der Waals surface area contributed by atoms with E-state index in [-0.39, 0.29) is 28.8 Å². The minimum atomic E-state index is -0.140. The smallest absolute Gasteiger partial charge is 0.237 e. The summed E-state index contributed by atoms with van der Waals surface area (Å²) in [7, 11) is 0. The van der Waals surface area contributed by atoms with Gasteiger partial charge in [-0.3, -0.25) is 10.2 Å². The van der Waals surface area contributed by atoms with E-state index in [4.69, 9.17) is 5.84 Å². The molecule has 4 aliphatic carbocycles. The molecule has 0 aromatic carbocycles. The Morgan fingerprint density at radius 2 is 2.00 bits per heavy atom. The molecule has 0 spiro atoms. The number of fused-ring (bicyclic) bond motifs is 5. The number of amides is 1. The molecule has 4 heteroatoms. The monoisotopic (exact) mass is 332 g/mol. The van der Waals surface area contributed by atoms with Crippen molar-refractivity contribution in [1.29, 1.82) is 0 Å². The quantitative estimate of drug-likeness (QED) is 0.299. The maximum atomic E-state index is 12.3. The van der Waals surface area contributed by atoms with Gasteiger partial charge in [0.05, 0.1) is 6.10 Å². The van der Waals surface area contributed by atoms with Crippen molar-refractivity contribution >= 4 is 5.91 Å². The fraction of sp³-hybridized carbons (Fsp3) is 0.850. The summed E-state index contributed by atoms with van der Waals surface area (Å²) in [5, 5.41) is 10.1. The maximum Gasteiger partial charge on any atom is 0.237 e. The number of rotatable bonds is 1. The lowest BCUT2D eigenvalue weighted by molar-refractivity contribution is -0.131. The van der Waals surface area contributed by atoms with Gasteiger partial charge in [-0.2, -0.15) is 0 Å². The average molecular weight is 332 g/mol. The number of nitrogens with two attached hydrogens (primary N) is 1. The van der Waals surface area contributed by atoms with Gasteiger partial charge in [0.15, 0.2) is 0 Å². The molecule has 3 saturated carbocycles. The van der Waals surface area contributed by atoms with Crippen molar-refractivity contribution in [2.75, 3.05) is 0 Å². The lowest BCUT2D eigenvalue weighted by Crippen LogP contribution is -2.52.